The van der Waals surface area contributed by atoms with Gasteiger partial charge >= 0.3 is 5.97 Å². The Hall–Kier alpha value is -2.59. The van der Waals surface area contributed by atoms with Gasteiger partial charge in [-0.2, -0.15) is 0 Å². The molecule has 0 fully saturated rings. The Kier molecular flexibility index (Phi) is 5.29. The van der Waals surface area contributed by atoms with Gasteiger partial charge in [-0.25, -0.2) is 4.98 Å². The molecule has 1 aromatic heterocycles. The highest BCUT2D eigenvalue weighted by molar-refractivity contribution is 6.30. The number of esters is 1. The molecular weight excluding hydrogens is 324 g/mol. The van der Waals surface area contributed by atoms with Crippen LogP contribution in [0.4, 0.5) is 0 Å². The lowest BCUT2D eigenvalue weighted by Crippen LogP contribution is -2.12. The second-order valence-corrected chi connectivity index (χ2v) is 5.86. The van der Waals surface area contributed by atoms with E-state index in [1.54, 1.807) is 6.20 Å². The van der Waals surface area contributed by atoms with Gasteiger partial charge in [-0.3, -0.25) is 4.79 Å². The van der Waals surface area contributed by atoms with Gasteiger partial charge in [0.25, 0.3) is 0 Å². The number of aromatic nitrogens is 2. The first kappa shape index (κ1) is 16.3. The predicted octanol–water partition coefficient (Wildman–Crippen LogP) is 3.87. The first-order valence-corrected chi connectivity index (χ1v) is 8.02. The van der Waals surface area contributed by atoms with Crippen LogP contribution < -0.4 is 0 Å². The molecule has 0 atom stereocenters. The fourth-order valence-corrected chi connectivity index (χ4v) is 2.50. The Labute approximate surface area is 145 Å². The minimum Gasteiger partial charge on any atom is -0.457 e. The van der Waals surface area contributed by atoms with Crippen LogP contribution in [-0.4, -0.2) is 15.5 Å². The van der Waals surface area contributed by atoms with E-state index in [0.29, 0.717) is 17.4 Å². The molecule has 0 aliphatic rings. The van der Waals surface area contributed by atoms with Gasteiger partial charge in [0.05, 0.1) is 6.42 Å². The Morgan fingerprint density at radius 3 is 2.54 bits per heavy atom. The summed E-state index contributed by atoms with van der Waals surface area (Å²) in [5, 5.41) is 0.708. The molecule has 0 spiro atoms. The molecule has 0 amide bonds. The molecule has 0 radical (unpaired) electrons. The average Bonchev–Trinajstić information content (AvgIpc) is 3.03. The SMILES string of the molecule is O=C(Cc1ccccc1)OCc1nccn1Cc1ccc(Cl)cc1. The van der Waals surface area contributed by atoms with Gasteiger partial charge in [0, 0.05) is 24.0 Å². The largest absolute Gasteiger partial charge is 0.457 e. The monoisotopic (exact) mass is 340 g/mol. The number of carbonyl (C=O) groups is 1. The van der Waals surface area contributed by atoms with Crippen LogP contribution >= 0.6 is 11.6 Å². The maximum atomic E-state index is 11.9. The third-order valence-corrected chi connectivity index (χ3v) is 3.87. The molecule has 0 aliphatic carbocycles. The topological polar surface area (TPSA) is 44.1 Å². The number of ether oxygens (including phenoxy) is 1. The zero-order chi connectivity index (χ0) is 16.8. The molecule has 5 heteroatoms. The van der Waals surface area contributed by atoms with Gasteiger partial charge < -0.3 is 9.30 Å². The van der Waals surface area contributed by atoms with Gasteiger partial charge in [0.15, 0.2) is 0 Å². The van der Waals surface area contributed by atoms with Crippen molar-refractivity contribution < 1.29 is 9.53 Å². The van der Waals surface area contributed by atoms with Crippen LogP contribution in [0, 0.1) is 0 Å². The second kappa shape index (κ2) is 7.79. The highest BCUT2D eigenvalue weighted by Gasteiger charge is 2.09. The van der Waals surface area contributed by atoms with Gasteiger partial charge in [0.2, 0.25) is 0 Å². The molecule has 122 valence electrons. The van der Waals surface area contributed by atoms with Crippen molar-refractivity contribution in [2.45, 2.75) is 19.6 Å². The number of carbonyl (C=O) groups excluding carboxylic acids is 1. The van der Waals surface area contributed by atoms with Crippen LogP contribution in [-0.2, 0) is 29.1 Å². The average molecular weight is 341 g/mol. The van der Waals surface area contributed by atoms with Crippen molar-refractivity contribution in [2.75, 3.05) is 0 Å². The van der Waals surface area contributed by atoms with Crippen LogP contribution in [0.25, 0.3) is 0 Å². The quantitative estimate of drug-likeness (QED) is 0.640. The molecule has 24 heavy (non-hydrogen) atoms. The van der Waals surface area contributed by atoms with Crippen molar-refractivity contribution >= 4 is 17.6 Å². The molecule has 3 aromatic rings. The minimum absolute atomic E-state index is 0.159. The van der Waals surface area contributed by atoms with E-state index in [1.807, 2.05) is 65.4 Å². The number of benzene rings is 2. The number of hydrogen-bond acceptors (Lipinski definition) is 3. The van der Waals surface area contributed by atoms with Crippen molar-refractivity contribution in [3.63, 3.8) is 0 Å². The van der Waals surface area contributed by atoms with E-state index < -0.39 is 0 Å². The minimum atomic E-state index is -0.262. The summed E-state index contributed by atoms with van der Waals surface area (Å²) in [6.45, 7) is 0.814. The van der Waals surface area contributed by atoms with Crippen molar-refractivity contribution in [3.05, 3.63) is 89.0 Å². The number of nitrogens with zero attached hydrogens (tertiary/aromatic N) is 2. The summed E-state index contributed by atoms with van der Waals surface area (Å²) >= 11 is 5.90. The van der Waals surface area contributed by atoms with E-state index in [9.17, 15) is 4.79 Å². The zero-order valence-corrected chi connectivity index (χ0v) is 13.8. The number of halogens is 1. The fraction of sp³-hybridized carbons (Fsp3) is 0.158. The van der Waals surface area contributed by atoms with Crippen molar-refractivity contribution in [3.8, 4) is 0 Å². The van der Waals surface area contributed by atoms with Crippen LogP contribution in [0.5, 0.6) is 0 Å². The van der Waals surface area contributed by atoms with Crippen molar-refractivity contribution in [1.29, 1.82) is 0 Å². The molecule has 0 aliphatic heterocycles. The Balaban J connectivity index is 1.57. The van der Waals surface area contributed by atoms with Crippen LogP contribution in [0.1, 0.15) is 17.0 Å². The maximum Gasteiger partial charge on any atom is 0.310 e. The molecule has 1 heterocycles. The molecular formula is C19H17ClN2O2. The zero-order valence-electron chi connectivity index (χ0n) is 13.1. The Bertz CT molecular complexity index is 798. The summed E-state index contributed by atoms with van der Waals surface area (Å²) in [5.74, 6) is 0.452. The number of imidazole rings is 1. The van der Waals surface area contributed by atoms with Crippen molar-refractivity contribution in [2.24, 2.45) is 0 Å². The summed E-state index contributed by atoms with van der Waals surface area (Å²) in [6, 6.07) is 17.2. The third-order valence-electron chi connectivity index (χ3n) is 3.62. The molecule has 0 saturated carbocycles. The number of hydrogen-bond donors (Lipinski definition) is 0. The molecule has 0 unspecified atom stereocenters. The van der Waals surface area contributed by atoms with E-state index >= 15 is 0 Å². The lowest BCUT2D eigenvalue weighted by Gasteiger charge is -2.09. The van der Waals surface area contributed by atoms with E-state index in [0.717, 1.165) is 11.1 Å². The van der Waals surface area contributed by atoms with Crippen molar-refractivity contribution in [1.82, 2.24) is 9.55 Å². The molecule has 2 aromatic carbocycles. The lowest BCUT2D eigenvalue weighted by atomic mass is 10.2. The standard InChI is InChI=1S/C19H17ClN2O2/c20-17-8-6-16(7-9-17)13-22-11-10-21-18(22)14-24-19(23)12-15-4-2-1-3-5-15/h1-11H,12-14H2. The molecule has 0 bridgehead atoms. The first-order chi connectivity index (χ1) is 11.7. The Morgan fingerprint density at radius 2 is 1.79 bits per heavy atom. The summed E-state index contributed by atoms with van der Waals surface area (Å²) in [5.41, 5.74) is 2.04. The van der Waals surface area contributed by atoms with Gasteiger partial charge in [-0.05, 0) is 23.3 Å². The Morgan fingerprint density at radius 1 is 1.04 bits per heavy atom. The smallest absolute Gasteiger partial charge is 0.310 e. The van der Waals surface area contributed by atoms with Crippen LogP contribution in [0.2, 0.25) is 5.02 Å². The molecule has 3 rings (SSSR count). The second-order valence-electron chi connectivity index (χ2n) is 5.42. The van der Waals surface area contributed by atoms with Gasteiger partial charge in [-0.1, -0.05) is 54.1 Å². The van der Waals surface area contributed by atoms with Crippen LogP contribution in [0.15, 0.2) is 67.0 Å². The lowest BCUT2D eigenvalue weighted by molar-refractivity contribution is -0.144. The summed E-state index contributed by atoms with van der Waals surface area (Å²) in [7, 11) is 0. The summed E-state index contributed by atoms with van der Waals surface area (Å²) < 4.78 is 7.30. The normalized spacial score (nSPS) is 10.5. The van der Waals surface area contributed by atoms with Gasteiger partial charge in [-0.15, -0.1) is 0 Å². The predicted molar refractivity (Wildman–Crippen MR) is 92.7 cm³/mol. The van der Waals surface area contributed by atoms with E-state index in [2.05, 4.69) is 4.98 Å². The van der Waals surface area contributed by atoms with Gasteiger partial charge in [0.1, 0.15) is 12.4 Å². The van der Waals surface area contributed by atoms with E-state index in [-0.39, 0.29) is 19.0 Å². The molecule has 4 nitrogen and oxygen atoms in total. The highest BCUT2D eigenvalue weighted by atomic mass is 35.5. The molecule has 0 N–H and O–H groups in total. The molecule has 0 saturated heterocycles. The highest BCUT2D eigenvalue weighted by Crippen LogP contribution is 2.12. The third kappa shape index (κ3) is 4.46. The summed E-state index contributed by atoms with van der Waals surface area (Å²) in [4.78, 5) is 16.2. The summed E-state index contributed by atoms with van der Waals surface area (Å²) in [6.07, 6.45) is 3.84. The number of rotatable bonds is 6. The van der Waals surface area contributed by atoms with E-state index in [4.69, 9.17) is 16.3 Å². The van der Waals surface area contributed by atoms with Crippen LogP contribution in [0.3, 0.4) is 0 Å². The van der Waals surface area contributed by atoms with E-state index in [1.165, 1.54) is 0 Å². The first-order valence-electron chi connectivity index (χ1n) is 7.65. The maximum absolute atomic E-state index is 11.9. The fourth-order valence-electron chi connectivity index (χ4n) is 2.37.